The molecule has 7 nitrogen and oxygen atoms in total. The van der Waals surface area contributed by atoms with Crippen LogP contribution in [0.3, 0.4) is 0 Å². The first-order valence-electron chi connectivity index (χ1n) is 10.5. The van der Waals surface area contributed by atoms with Gasteiger partial charge in [0.05, 0.1) is 12.3 Å². The van der Waals surface area contributed by atoms with Crippen molar-refractivity contribution in [2.45, 2.75) is 24.6 Å². The van der Waals surface area contributed by atoms with Gasteiger partial charge < -0.3 is 10.6 Å². The van der Waals surface area contributed by atoms with Crippen LogP contribution in [-0.4, -0.2) is 38.4 Å². The number of nitrogens with one attached hydrogen (secondary N) is 3. The third-order valence-corrected chi connectivity index (χ3v) is 6.14. The number of sulfonamides is 1. The van der Waals surface area contributed by atoms with Crippen molar-refractivity contribution in [2.24, 2.45) is 0 Å². The fourth-order valence-electron chi connectivity index (χ4n) is 3.28. The van der Waals surface area contributed by atoms with Gasteiger partial charge in [0.25, 0.3) is 0 Å². The SMILES string of the molecule is O=C(CNS(=O)(=O)Cc1ccccc1)NC(CCNc1ccncc1)Cc1ccccc1. The number of aromatic nitrogens is 1. The van der Waals surface area contributed by atoms with Gasteiger partial charge in [0, 0.05) is 30.7 Å². The van der Waals surface area contributed by atoms with Gasteiger partial charge >= 0.3 is 0 Å². The first kappa shape index (κ1) is 23.4. The van der Waals surface area contributed by atoms with Crippen molar-refractivity contribution in [1.29, 1.82) is 0 Å². The Hall–Kier alpha value is -3.23. The summed E-state index contributed by atoms with van der Waals surface area (Å²) < 4.78 is 27.0. The van der Waals surface area contributed by atoms with E-state index in [4.69, 9.17) is 0 Å². The number of carbonyl (C=O) groups is 1. The second-order valence-corrected chi connectivity index (χ2v) is 9.28. The minimum atomic E-state index is -3.61. The Labute approximate surface area is 189 Å². The van der Waals surface area contributed by atoms with Gasteiger partial charge in [-0.3, -0.25) is 9.78 Å². The number of benzene rings is 2. The number of hydrogen-bond donors (Lipinski definition) is 3. The molecule has 0 fully saturated rings. The van der Waals surface area contributed by atoms with Crippen LogP contribution >= 0.6 is 0 Å². The quantitative estimate of drug-likeness (QED) is 0.392. The molecule has 0 saturated heterocycles. The highest BCUT2D eigenvalue weighted by Gasteiger charge is 2.17. The van der Waals surface area contributed by atoms with Crippen molar-refractivity contribution in [2.75, 3.05) is 18.4 Å². The van der Waals surface area contributed by atoms with Crippen LogP contribution in [0.4, 0.5) is 5.69 Å². The number of rotatable bonds is 12. The molecule has 0 radical (unpaired) electrons. The molecule has 0 saturated carbocycles. The van der Waals surface area contributed by atoms with Crippen LogP contribution in [0.1, 0.15) is 17.5 Å². The summed E-state index contributed by atoms with van der Waals surface area (Å²) in [5.74, 6) is -0.517. The van der Waals surface area contributed by atoms with Crippen LogP contribution in [0.2, 0.25) is 0 Å². The molecule has 3 N–H and O–H groups in total. The predicted molar refractivity (Wildman–Crippen MR) is 126 cm³/mol. The molecule has 1 atom stereocenters. The highest BCUT2D eigenvalue weighted by atomic mass is 32.2. The van der Waals surface area contributed by atoms with E-state index in [9.17, 15) is 13.2 Å². The van der Waals surface area contributed by atoms with Gasteiger partial charge in [-0.1, -0.05) is 60.7 Å². The van der Waals surface area contributed by atoms with E-state index in [1.54, 1.807) is 36.7 Å². The molecule has 8 heteroatoms. The molecule has 168 valence electrons. The molecular weight excluding hydrogens is 424 g/mol. The Morgan fingerprint density at radius 1 is 0.875 bits per heavy atom. The van der Waals surface area contributed by atoms with Gasteiger partial charge in [0.1, 0.15) is 0 Å². The zero-order valence-electron chi connectivity index (χ0n) is 17.8. The molecule has 1 amide bonds. The van der Waals surface area contributed by atoms with Crippen molar-refractivity contribution in [3.05, 3.63) is 96.3 Å². The second-order valence-electron chi connectivity index (χ2n) is 7.47. The van der Waals surface area contributed by atoms with E-state index in [0.29, 0.717) is 24.9 Å². The molecule has 0 spiro atoms. The van der Waals surface area contributed by atoms with E-state index in [1.807, 2.05) is 48.5 Å². The van der Waals surface area contributed by atoms with Crippen molar-refractivity contribution in [1.82, 2.24) is 15.0 Å². The molecule has 1 unspecified atom stereocenters. The monoisotopic (exact) mass is 452 g/mol. The molecular formula is C24H28N4O3S. The molecule has 0 aliphatic rings. The predicted octanol–water partition coefficient (Wildman–Crippen LogP) is 2.73. The molecule has 0 bridgehead atoms. The molecule has 0 aliphatic heterocycles. The molecule has 3 rings (SSSR count). The van der Waals surface area contributed by atoms with Crippen molar-refractivity contribution in [3.63, 3.8) is 0 Å². The first-order chi connectivity index (χ1) is 15.5. The van der Waals surface area contributed by atoms with E-state index >= 15 is 0 Å². The molecule has 0 aliphatic carbocycles. The maximum Gasteiger partial charge on any atom is 0.235 e. The number of carbonyl (C=O) groups excluding carboxylic acids is 1. The Balaban J connectivity index is 1.53. The van der Waals surface area contributed by atoms with Gasteiger partial charge in [-0.2, -0.15) is 0 Å². The zero-order valence-corrected chi connectivity index (χ0v) is 18.6. The zero-order chi connectivity index (χ0) is 22.7. The van der Waals surface area contributed by atoms with E-state index in [0.717, 1.165) is 11.3 Å². The largest absolute Gasteiger partial charge is 0.385 e. The lowest BCUT2D eigenvalue weighted by atomic mass is 10.0. The van der Waals surface area contributed by atoms with Gasteiger partial charge in [-0.25, -0.2) is 13.1 Å². The molecule has 3 aromatic rings. The van der Waals surface area contributed by atoms with Crippen LogP contribution in [0.5, 0.6) is 0 Å². The van der Waals surface area contributed by atoms with E-state index < -0.39 is 10.0 Å². The molecule has 32 heavy (non-hydrogen) atoms. The van der Waals surface area contributed by atoms with Crippen molar-refractivity contribution in [3.8, 4) is 0 Å². The molecule has 2 aromatic carbocycles. The minimum Gasteiger partial charge on any atom is -0.385 e. The standard InChI is InChI=1S/C24H28N4O3S/c29-24(18-27-32(30,31)19-21-9-5-2-6-10-21)28-23(17-20-7-3-1-4-8-20)13-16-26-22-11-14-25-15-12-22/h1-12,14-15,23,27H,13,16-19H2,(H,25,26)(H,28,29). The lowest BCUT2D eigenvalue weighted by Gasteiger charge is -2.20. The van der Waals surface area contributed by atoms with Gasteiger partial charge in [-0.15, -0.1) is 0 Å². The number of pyridine rings is 1. The first-order valence-corrected chi connectivity index (χ1v) is 12.1. The normalized spacial score (nSPS) is 12.1. The van der Waals surface area contributed by atoms with Crippen molar-refractivity contribution < 1.29 is 13.2 Å². The Morgan fingerprint density at radius 3 is 2.16 bits per heavy atom. The average Bonchev–Trinajstić information content (AvgIpc) is 2.79. The summed E-state index contributed by atoms with van der Waals surface area (Å²) in [5.41, 5.74) is 2.73. The van der Waals surface area contributed by atoms with Gasteiger partial charge in [-0.05, 0) is 36.1 Å². The maximum atomic E-state index is 12.5. The van der Waals surface area contributed by atoms with Gasteiger partial charge in [0.2, 0.25) is 15.9 Å². The highest BCUT2D eigenvalue weighted by molar-refractivity contribution is 7.88. The van der Waals surface area contributed by atoms with Crippen molar-refractivity contribution >= 4 is 21.6 Å². The van der Waals surface area contributed by atoms with E-state index in [1.165, 1.54) is 0 Å². The summed E-state index contributed by atoms with van der Waals surface area (Å²) in [6.07, 6.45) is 4.77. The number of nitrogens with zero attached hydrogens (tertiary/aromatic N) is 1. The fourth-order valence-corrected chi connectivity index (χ4v) is 4.37. The third kappa shape index (κ3) is 8.49. The maximum absolute atomic E-state index is 12.5. The van der Waals surface area contributed by atoms with Crippen LogP contribution in [0, 0.1) is 0 Å². The summed E-state index contributed by atoms with van der Waals surface area (Å²) >= 11 is 0. The lowest BCUT2D eigenvalue weighted by molar-refractivity contribution is -0.120. The molecule has 1 aromatic heterocycles. The number of amides is 1. The smallest absolute Gasteiger partial charge is 0.235 e. The van der Waals surface area contributed by atoms with Crippen LogP contribution in [0.15, 0.2) is 85.2 Å². The Kier molecular flexibility index (Phi) is 8.77. The molecule has 1 heterocycles. The average molecular weight is 453 g/mol. The fraction of sp³-hybridized carbons (Fsp3) is 0.250. The summed E-state index contributed by atoms with van der Waals surface area (Å²) in [6.45, 7) is 0.361. The van der Waals surface area contributed by atoms with Crippen LogP contribution in [-0.2, 0) is 27.0 Å². The summed E-state index contributed by atoms with van der Waals surface area (Å²) in [5, 5.41) is 6.28. The highest BCUT2D eigenvalue weighted by Crippen LogP contribution is 2.09. The van der Waals surface area contributed by atoms with Crippen LogP contribution < -0.4 is 15.4 Å². The van der Waals surface area contributed by atoms with E-state index in [-0.39, 0.29) is 24.2 Å². The minimum absolute atomic E-state index is 0.141. The summed E-state index contributed by atoms with van der Waals surface area (Å²) in [7, 11) is -3.61. The number of hydrogen-bond acceptors (Lipinski definition) is 5. The second kappa shape index (κ2) is 12.0. The topological polar surface area (TPSA) is 100 Å². The number of anilines is 1. The van der Waals surface area contributed by atoms with Gasteiger partial charge in [0.15, 0.2) is 0 Å². The Morgan fingerprint density at radius 2 is 1.50 bits per heavy atom. The Bertz CT molecular complexity index is 1060. The lowest BCUT2D eigenvalue weighted by Crippen LogP contribution is -2.43. The summed E-state index contributed by atoms with van der Waals surface area (Å²) in [4.78, 5) is 16.5. The van der Waals surface area contributed by atoms with Crippen LogP contribution in [0.25, 0.3) is 0 Å². The third-order valence-electron chi connectivity index (χ3n) is 4.84. The summed E-state index contributed by atoms with van der Waals surface area (Å²) in [6, 6.07) is 22.4. The van der Waals surface area contributed by atoms with E-state index in [2.05, 4.69) is 20.3 Å².